The zero-order valence-electron chi connectivity index (χ0n) is 41.1. The quantitative estimate of drug-likeness (QED) is 0.143. The van der Waals surface area contributed by atoms with Crippen LogP contribution in [0, 0.1) is 0 Å². The van der Waals surface area contributed by atoms with Gasteiger partial charge in [0.05, 0.1) is 33.8 Å². The average molecular weight is 969 g/mol. The summed E-state index contributed by atoms with van der Waals surface area (Å²) in [6.07, 6.45) is 3.69. The van der Waals surface area contributed by atoms with Gasteiger partial charge in [-0.3, -0.25) is 9.97 Å². The maximum Gasteiger partial charge on any atom is 0.161 e. The van der Waals surface area contributed by atoms with Crippen LogP contribution in [0.2, 0.25) is 0 Å². The Hall–Kier alpha value is -10.3. The number of aromatic nitrogens is 6. The van der Waals surface area contributed by atoms with E-state index < -0.39 is 0 Å². The van der Waals surface area contributed by atoms with Gasteiger partial charge in [0.15, 0.2) is 11.6 Å². The van der Waals surface area contributed by atoms with Crippen LogP contribution >= 0.6 is 0 Å². The highest BCUT2D eigenvalue weighted by molar-refractivity contribution is 6.06. The van der Waals surface area contributed by atoms with E-state index in [2.05, 4.69) is 243 Å². The molecule has 0 amide bonds. The molecule has 0 aliphatic heterocycles. The van der Waals surface area contributed by atoms with Crippen LogP contribution in [-0.2, 0) is 0 Å². The van der Waals surface area contributed by atoms with Crippen molar-refractivity contribution in [3.8, 4) is 101 Å². The third kappa shape index (κ3) is 8.11. The number of benzene rings is 10. The van der Waals surface area contributed by atoms with Crippen LogP contribution in [0.25, 0.3) is 145 Å². The second-order valence-electron chi connectivity index (χ2n) is 19.0. The lowest BCUT2D eigenvalue weighted by atomic mass is 9.94. The summed E-state index contributed by atoms with van der Waals surface area (Å²) in [4.78, 5) is 31.0. The molecular formula is C70H44N6. The van der Waals surface area contributed by atoms with E-state index >= 15 is 0 Å². The van der Waals surface area contributed by atoms with Crippen molar-refractivity contribution in [1.82, 2.24) is 29.9 Å². The minimum atomic E-state index is 0.654. The van der Waals surface area contributed by atoms with Crippen molar-refractivity contribution in [2.45, 2.75) is 0 Å². The highest BCUT2D eigenvalue weighted by Crippen LogP contribution is 2.40. The van der Waals surface area contributed by atoms with Crippen LogP contribution in [0.4, 0.5) is 0 Å². The van der Waals surface area contributed by atoms with Gasteiger partial charge in [-0.15, -0.1) is 0 Å². The minimum absolute atomic E-state index is 0.654. The molecule has 76 heavy (non-hydrogen) atoms. The van der Waals surface area contributed by atoms with Gasteiger partial charge in [0.2, 0.25) is 0 Å². The maximum absolute atomic E-state index is 5.34. The minimum Gasteiger partial charge on any atom is -0.256 e. The fourth-order valence-electron chi connectivity index (χ4n) is 10.7. The van der Waals surface area contributed by atoms with Crippen LogP contribution in [0.3, 0.4) is 0 Å². The van der Waals surface area contributed by atoms with E-state index in [0.29, 0.717) is 11.6 Å². The van der Waals surface area contributed by atoms with Crippen molar-refractivity contribution in [3.63, 3.8) is 0 Å². The molecule has 10 aromatic carbocycles. The molecule has 4 heterocycles. The fourth-order valence-corrected chi connectivity index (χ4v) is 10.7. The van der Waals surface area contributed by atoms with E-state index in [1.807, 2.05) is 24.5 Å². The van der Waals surface area contributed by atoms with E-state index in [1.165, 1.54) is 22.3 Å². The molecule has 0 bridgehead atoms. The lowest BCUT2D eigenvalue weighted by Crippen LogP contribution is -1.98. The number of fused-ring (bicyclic) bond motifs is 4. The summed E-state index contributed by atoms with van der Waals surface area (Å²) in [6.45, 7) is 0. The summed E-state index contributed by atoms with van der Waals surface area (Å²) in [6, 6.07) is 89.1. The molecule has 0 saturated carbocycles. The number of para-hydroxylation sites is 2. The smallest absolute Gasteiger partial charge is 0.161 e. The Morgan fingerprint density at radius 1 is 0.211 bits per heavy atom. The summed E-state index contributed by atoms with van der Waals surface area (Å²) in [5.74, 6) is 1.31. The molecule has 14 rings (SSSR count). The Balaban J connectivity index is 0.846. The Morgan fingerprint density at radius 3 is 0.974 bits per heavy atom. The molecule has 0 spiro atoms. The van der Waals surface area contributed by atoms with Crippen LogP contribution in [0.5, 0.6) is 0 Å². The zero-order chi connectivity index (χ0) is 50.4. The number of rotatable bonds is 9. The molecular weight excluding hydrogens is 925 g/mol. The normalized spacial score (nSPS) is 11.4. The van der Waals surface area contributed by atoms with Gasteiger partial charge >= 0.3 is 0 Å². The molecule has 0 unspecified atom stereocenters. The van der Waals surface area contributed by atoms with Crippen LogP contribution < -0.4 is 0 Å². The van der Waals surface area contributed by atoms with Crippen molar-refractivity contribution >= 4 is 43.4 Å². The fraction of sp³-hybridized carbons (Fsp3) is 0. The Labute approximate surface area is 439 Å². The Bertz CT molecular complexity index is 4200. The van der Waals surface area contributed by atoms with Crippen molar-refractivity contribution in [2.24, 2.45) is 0 Å². The van der Waals surface area contributed by atoms with Gasteiger partial charge < -0.3 is 0 Å². The SMILES string of the molecule is c1ccc(-c2ccc(-c3nc(-c4ccc(-c5ccc(-c6cc(-c7cccc8cccnc78)nc(-c7ccc(-c8ccccc8)c8ccccc78)n6)cc5)cc4)cc(-c4cccc5cccnc45)n3)c3ccccc23)cc1. The highest BCUT2D eigenvalue weighted by Gasteiger charge is 2.19. The van der Waals surface area contributed by atoms with Gasteiger partial charge in [-0.25, -0.2) is 19.9 Å². The largest absolute Gasteiger partial charge is 0.256 e. The first-order valence-corrected chi connectivity index (χ1v) is 25.5. The topological polar surface area (TPSA) is 77.3 Å². The number of hydrogen-bond donors (Lipinski definition) is 0. The first kappa shape index (κ1) is 44.4. The molecule has 0 fully saturated rings. The molecule has 354 valence electrons. The highest BCUT2D eigenvalue weighted by atomic mass is 14.9. The molecule has 0 atom stereocenters. The maximum atomic E-state index is 5.34. The van der Waals surface area contributed by atoms with E-state index in [1.54, 1.807) is 0 Å². The van der Waals surface area contributed by atoms with E-state index in [9.17, 15) is 0 Å². The number of pyridine rings is 2. The van der Waals surface area contributed by atoms with E-state index in [-0.39, 0.29) is 0 Å². The summed E-state index contributed by atoms with van der Waals surface area (Å²) in [5.41, 5.74) is 17.7. The molecule has 0 aliphatic rings. The second kappa shape index (κ2) is 19.0. The Kier molecular flexibility index (Phi) is 11.1. The summed E-state index contributed by atoms with van der Waals surface area (Å²) < 4.78 is 0. The van der Waals surface area contributed by atoms with Crippen molar-refractivity contribution < 1.29 is 0 Å². The molecule has 6 nitrogen and oxygen atoms in total. The molecule has 0 aliphatic carbocycles. The first-order valence-electron chi connectivity index (χ1n) is 25.5. The van der Waals surface area contributed by atoms with Crippen molar-refractivity contribution in [3.05, 3.63) is 267 Å². The number of hydrogen-bond acceptors (Lipinski definition) is 6. The summed E-state index contributed by atoms with van der Waals surface area (Å²) in [7, 11) is 0. The second-order valence-corrected chi connectivity index (χ2v) is 19.0. The van der Waals surface area contributed by atoms with Gasteiger partial charge in [-0.2, -0.15) is 0 Å². The predicted molar refractivity (Wildman–Crippen MR) is 312 cm³/mol. The average Bonchev–Trinajstić information content (AvgIpc) is 3.54. The molecule has 0 N–H and O–H groups in total. The third-order valence-corrected chi connectivity index (χ3v) is 14.5. The van der Waals surface area contributed by atoms with Gasteiger partial charge in [-0.05, 0) is 91.3 Å². The Morgan fingerprint density at radius 2 is 0.553 bits per heavy atom. The van der Waals surface area contributed by atoms with Gasteiger partial charge in [0, 0.05) is 56.5 Å². The standard InChI is InChI=1S/C70H44N6/c1-3-15-47(16-4-1)53-37-39-59(57-25-9-7-23-55(53)57)69-73-63(43-65(75-69)61-27-11-19-51-21-13-41-71-67(51)61)49-33-29-45(30-34-49)46-31-35-50(36-32-46)64-44-66(62-28-12-20-52-22-14-42-72-68(52)62)76-70(74-64)60-40-38-54(48-17-5-2-6-18-48)56-24-8-10-26-58(56)60/h1-44H. The van der Waals surface area contributed by atoms with Gasteiger partial charge in [0.25, 0.3) is 0 Å². The molecule has 4 aromatic heterocycles. The number of nitrogens with zero attached hydrogens (tertiary/aromatic N) is 6. The summed E-state index contributed by atoms with van der Waals surface area (Å²) in [5, 5.41) is 6.59. The van der Waals surface area contributed by atoms with Crippen molar-refractivity contribution in [2.75, 3.05) is 0 Å². The van der Waals surface area contributed by atoms with E-state index in [0.717, 1.165) is 111 Å². The third-order valence-electron chi connectivity index (χ3n) is 14.5. The van der Waals surface area contributed by atoms with Gasteiger partial charge in [-0.1, -0.05) is 218 Å². The lowest BCUT2D eigenvalue weighted by Gasteiger charge is -2.14. The zero-order valence-corrected chi connectivity index (χ0v) is 41.1. The van der Waals surface area contributed by atoms with Crippen LogP contribution in [-0.4, -0.2) is 29.9 Å². The first-order chi connectivity index (χ1) is 37.7. The molecule has 0 saturated heterocycles. The van der Waals surface area contributed by atoms with Crippen LogP contribution in [0.1, 0.15) is 0 Å². The van der Waals surface area contributed by atoms with E-state index in [4.69, 9.17) is 29.9 Å². The van der Waals surface area contributed by atoms with Crippen molar-refractivity contribution in [1.29, 1.82) is 0 Å². The molecule has 6 heteroatoms. The predicted octanol–water partition coefficient (Wildman–Crippen LogP) is 17.7. The summed E-state index contributed by atoms with van der Waals surface area (Å²) >= 11 is 0. The molecule has 14 aromatic rings. The molecule has 0 radical (unpaired) electrons. The monoisotopic (exact) mass is 968 g/mol. The van der Waals surface area contributed by atoms with Crippen LogP contribution in [0.15, 0.2) is 267 Å². The van der Waals surface area contributed by atoms with Gasteiger partial charge in [0.1, 0.15) is 0 Å². The lowest BCUT2D eigenvalue weighted by molar-refractivity contribution is 1.19.